The number of aromatic nitrogens is 2. The second-order valence-corrected chi connectivity index (χ2v) is 8.00. The first kappa shape index (κ1) is 14.8. The Morgan fingerprint density at radius 1 is 1.17 bits per heavy atom. The van der Waals surface area contributed by atoms with Gasteiger partial charge in [0.2, 0.25) is 15.8 Å². The van der Waals surface area contributed by atoms with Crippen molar-refractivity contribution in [1.29, 1.82) is 0 Å². The maximum absolute atomic E-state index is 12.4. The predicted molar refractivity (Wildman–Crippen MR) is 81.9 cm³/mol. The normalized spacial score (nSPS) is 23.0. The van der Waals surface area contributed by atoms with Gasteiger partial charge in [-0.3, -0.25) is 0 Å². The molecule has 23 heavy (non-hydrogen) atoms. The van der Waals surface area contributed by atoms with Gasteiger partial charge in [-0.1, -0.05) is 23.4 Å². The Bertz CT molecular complexity index is 786. The van der Waals surface area contributed by atoms with Crippen molar-refractivity contribution in [2.45, 2.75) is 24.2 Å². The summed E-state index contributed by atoms with van der Waals surface area (Å²) in [6.45, 7) is 0.969. The number of rotatable bonds is 4. The summed E-state index contributed by atoms with van der Waals surface area (Å²) >= 11 is 0. The number of hydrogen-bond donors (Lipinski definition) is 0. The van der Waals surface area contributed by atoms with Crippen molar-refractivity contribution >= 4 is 10.0 Å². The van der Waals surface area contributed by atoms with Crippen LogP contribution in [0.15, 0.2) is 34.9 Å². The highest BCUT2D eigenvalue weighted by Gasteiger charge is 2.42. The summed E-state index contributed by atoms with van der Waals surface area (Å²) in [5.41, 5.74) is 0.824. The third-order valence-electron chi connectivity index (χ3n) is 4.09. The molecule has 4 rings (SSSR count). The maximum Gasteiger partial charge on any atom is 0.258 e. The Kier molecular flexibility index (Phi) is 3.67. The van der Waals surface area contributed by atoms with E-state index < -0.39 is 16.1 Å². The molecule has 1 saturated carbocycles. The zero-order valence-electron chi connectivity index (χ0n) is 12.5. The Balaban J connectivity index is 1.53. The smallest absolute Gasteiger partial charge is 0.258 e. The lowest BCUT2D eigenvalue weighted by Crippen LogP contribution is -2.43. The molecule has 2 aromatic rings. The minimum atomic E-state index is -3.21. The Morgan fingerprint density at radius 3 is 2.70 bits per heavy atom. The van der Waals surface area contributed by atoms with Gasteiger partial charge < -0.3 is 9.26 Å². The fraction of sp³-hybridized carbons (Fsp3) is 0.467. The molecule has 2 aliphatic rings. The molecule has 0 bridgehead atoms. The van der Waals surface area contributed by atoms with Crippen molar-refractivity contribution in [1.82, 2.24) is 14.4 Å². The zero-order valence-corrected chi connectivity index (χ0v) is 13.3. The zero-order chi connectivity index (χ0) is 15.9. The number of ether oxygens (including phenoxy) is 1. The van der Waals surface area contributed by atoms with E-state index in [0.717, 1.165) is 18.4 Å². The van der Waals surface area contributed by atoms with Crippen molar-refractivity contribution in [3.63, 3.8) is 0 Å². The van der Waals surface area contributed by atoms with Gasteiger partial charge in [-0.15, -0.1) is 0 Å². The molecule has 0 N–H and O–H groups in total. The topological polar surface area (TPSA) is 85.5 Å². The monoisotopic (exact) mass is 335 g/mol. The summed E-state index contributed by atoms with van der Waals surface area (Å²) in [6, 6.07) is 9.44. The molecule has 0 radical (unpaired) electrons. The van der Waals surface area contributed by atoms with E-state index in [2.05, 4.69) is 10.1 Å². The molecule has 2 fully saturated rings. The van der Waals surface area contributed by atoms with Crippen molar-refractivity contribution < 1.29 is 17.7 Å². The van der Waals surface area contributed by atoms with Crippen LogP contribution in [-0.4, -0.2) is 47.8 Å². The van der Waals surface area contributed by atoms with Crippen LogP contribution in [0, 0.1) is 0 Å². The van der Waals surface area contributed by atoms with Gasteiger partial charge in [0, 0.05) is 18.7 Å². The SMILES string of the molecule is O=S(=O)(C1CC1)N1CCO[C@H](c2noc(-c3ccccc3)n2)C1. The standard InChI is InChI=1S/C15H17N3O4S/c19-23(20,12-6-7-12)18-8-9-21-13(10-18)14-16-15(22-17-14)11-4-2-1-3-5-11/h1-5,12-13H,6-10H2/t13-/m0/s1. The van der Waals surface area contributed by atoms with Gasteiger partial charge in [0.05, 0.1) is 11.9 Å². The second kappa shape index (κ2) is 5.70. The molecule has 0 unspecified atom stereocenters. The molecule has 1 aliphatic carbocycles. The van der Waals surface area contributed by atoms with Gasteiger partial charge >= 0.3 is 0 Å². The van der Waals surface area contributed by atoms with Gasteiger partial charge in [-0.05, 0) is 25.0 Å². The first-order valence-electron chi connectivity index (χ1n) is 7.64. The average Bonchev–Trinajstić information content (AvgIpc) is 3.34. The third-order valence-corrected chi connectivity index (χ3v) is 6.45. The number of hydrogen-bond acceptors (Lipinski definition) is 6. The molecule has 8 heteroatoms. The summed E-state index contributed by atoms with van der Waals surface area (Å²) in [4.78, 5) is 4.36. The van der Waals surface area contributed by atoms with E-state index in [1.807, 2.05) is 30.3 Å². The fourth-order valence-corrected chi connectivity index (χ4v) is 4.48. The molecule has 1 saturated heterocycles. The van der Waals surface area contributed by atoms with Crippen LogP contribution in [-0.2, 0) is 14.8 Å². The lowest BCUT2D eigenvalue weighted by atomic mass is 10.2. The first-order chi connectivity index (χ1) is 11.1. The Morgan fingerprint density at radius 2 is 1.96 bits per heavy atom. The highest BCUT2D eigenvalue weighted by molar-refractivity contribution is 7.90. The minimum absolute atomic E-state index is 0.216. The molecular weight excluding hydrogens is 318 g/mol. The van der Waals surface area contributed by atoms with E-state index in [1.54, 1.807) is 0 Å². The molecule has 1 aromatic carbocycles. The predicted octanol–water partition coefficient (Wildman–Crippen LogP) is 1.60. The maximum atomic E-state index is 12.4. The number of morpholine rings is 1. The van der Waals surface area contributed by atoms with E-state index in [-0.39, 0.29) is 11.8 Å². The van der Waals surface area contributed by atoms with Gasteiger partial charge in [-0.25, -0.2) is 8.42 Å². The lowest BCUT2D eigenvalue weighted by molar-refractivity contribution is -0.00863. The van der Waals surface area contributed by atoms with Crippen molar-refractivity contribution in [3.8, 4) is 11.5 Å². The van der Waals surface area contributed by atoms with Crippen molar-refractivity contribution in [3.05, 3.63) is 36.2 Å². The number of sulfonamides is 1. The van der Waals surface area contributed by atoms with E-state index in [0.29, 0.717) is 24.9 Å². The lowest BCUT2D eigenvalue weighted by Gasteiger charge is -2.30. The molecule has 122 valence electrons. The van der Waals surface area contributed by atoms with Crippen LogP contribution in [0.4, 0.5) is 0 Å². The summed E-state index contributed by atoms with van der Waals surface area (Å²) in [5, 5.41) is 3.74. The molecule has 1 aromatic heterocycles. The highest BCUT2D eigenvalue weighted by atomic mass is 32.2. The number of benzene rings is 1. The van der Waals surface area contributed by atoms with Crippen LogP contribution in [0.1, 0.15) is 24.8 Å². The molecule has 0 spiro atoms. The van der Waals surface area contributed by atoms with Crippen LogP contribution in [0.2, 0.25) is 0 Å². The average molecular weight is 335 g/mol. The van der Waals surface area contributed by atoms with Gasteiger partial charge in [0.1, 0.15) is 6.10 Å². The van der Waals surface area contributed by atoms with Crippen LogP contribution in [0.25, 0.3) is 11.5 Å². The summed E-state index contributed by atoms with van der Waals surface area (Å²) in [5.74, 6) is 0.797. The summed E-state index contributed by atoms with van der Waals surface area (Å²) in [6.07, 6.45) is 1.02. The second-order valence-electron chi connectivity index (χ2n) is 5.79. The minimum Gasteiger partial charge on any atom is -0.367 e. The first-order valence-corrected chi connectivity index (χ1v) is 9.14. The largest absolute Gasteiger partial charge is 0.367 e. The van der Waals surface area contributed by atoms with E-state index in [4.69, 9.17) is 9.26 Å². The van der Waals surface area contributed by atoms with Crippen LogP contribution in [0.3, 0.4) is 0 Å². The van der Waals surface area contributed by atoms with Crippen LogP contribution >= 0.6 is 0 Å². The molecule has 1 aliphatic heterocycles. The van der Waals surface area contributed by atoms with Gasteiger partial charge in [-0.2, -0.15) is 9.29 Å². The summed E-state index contributed by atoms with van der Waals surface area (Å²) in [7, 11) is -3.21. The summed E-state index contributed by atoms with van der Waals surface area (Å²) < 4.78 is 37.1. The van der Waals surface area contributed by atoms with Crippen molar-refractivity contribution in [2.24, 2.45) is 0 Å². The van der Waals surface area contributed by atoms with Crippen LogP contribution in [0.5, 0.6) is 0 Å². The quantitative estimate of drug-likeness (QED) is 0.844. The van der Waals surface area contributed by atoms with E-state index in [1.165, 1.54) is 4.31 Å². The molecular formula is C15H17N3O4S. The highest BCUT2D eigenvalue weighted by Crippen LogP contribution is 2.33. The number of nitrogens with zero attached hydrogens (tertiary/aromatic N) is 3. The third kappa shape index (κ3) is 2.89. The fourth-order valence-electron chi connectivity index (χ4n) is 2.65. The molecule has 7 nitrogen and oxygen atoms in total. The van der Waals surface area contributed by atoms with Gasteiger partial charge in [0.15, 0.2) is 0 Å². The van der Waals surface area contributed by atoms with Crippen molar-refractivity contribution in [2.75, 3.05) is 19.7 Å². The molecule has 0 amide bonds. The molecule has 2 heterocycles. The Labute approximate surface area is 134 Å². The van der Waals surface area contributed by atoms with Crippen LogP contribution < -0.4 is 0 Å². The molecule has 1 atom stereocenters. The Hall–Kier alpha value is -1.77. The van der Waals surface area contributed by atoms with E-state index in [9.17, 15) is 8.42 Å². The van der Waals surface area contributed by atoms with Gasteiger partial charge in [0.25, 0.3) is 5.89 Å². The van der Waals surface area contributed by atoms with E-state index >= 15 is 0 Å².